The Labute approximate surface area is 144 Å². The van der Waals surface area contributed by atoms with Gasteiger partial charge in [0.05, 0.1) is 12.2 Å². The van der Waals surface area contributed by atoms with Crippen LogP contribution in [-0.4, -0.2) is 40.6 Å². The van der Waals surface area contributed by atoms with E-state index >= 15 is 0 Å². The average Bonchev–Trinajstić information content (AvgIpc) is 3.10. The second-order valence-electron chi connectivity index (χ2n) is 6.58. The Morgan fingerprint density at radius 1 is 1.33 bits per heavy atom. The second-order valence-corrected chi connectivity index (χ2v) is 7.36. The molecule has 2 aromatic heterocycles. The highest BCUT2D eigenvalue weighted by atomic mass is 32.1. The van der Waals surface area contributed by atoms with Gasteiger partial charge in [-0.2, -0.15) is 16.3 Å². The summed E-state index contributed by atoms with van der Waals surface area (Å²) in [7, 11) is 0. The van der Waals surface area contributed by atoms with E-state index in [1.165, 1.54) is 12.8 Å². The second kappa shape index (κ2) is 7.03. The molecule has 2 fully saturated rings. The highest BCUT2D eigenvalue weighted by Crippen LogP contribution is 2.29. The Hall–Kier alpha value is -1.73. The van der Waals surface area contributed by atoms with Crippen molar-refractivity contribution < 1.29 is 14.1 Å². The van der Waals surface area contributed by atoms with Gasteiger partial charge in [-0.15, -0.1) is 0 Å². The van der Waals surface area contributed by atoms with Gasteiger partial charge in [-0.3, -0.25) is 4.79 Å². The monoisotopic (exact) mass is 347 g/mol. The first kappa shape index (κ1) is 15.8. The van der Waals surface area contributed by atoms with Gasteiger partial charge in [0.1, 0.15) is 6.61 Å². The first-order valence-electron chi connectivity index (χ1n) is 8.51. The number of amides is 1. The Balaban J connectivity index is 1.27. The minimum Gasteiger partial charge on any atom is -0.371 e. The molecule has 4 rings (SSSR count). The summed E-state index contributed by atoms with van der Waals surface area (Å²) in [4.78, 5) is 18.7. The number of hydrogen-bond acceptors (Lipinski definition) is 6. The molecule has 0 spiro atoms. The third-order valence-electron chi connectivity index (χ3n) is 4.68. The average molecular weight is 347 g/mol. The van der Waals surface area contributed by atoms with Gasteiger partial charge in [-0.05, 0) is 43.0 Å². The van der Waals surface area contributed by atoms with E-state index < -0.39 is 0 Å². The van der Waals surface area contributed by atoms with Crippen molar-refractivity contribution in [1.82, 2.24) is 15.0 Å². The van der Waals surface area contributed by atoms with Crippen molar-refractivity contribution in [2.75, 3.05) is 19.7 Å². The fourth-order valence-electron chi connectivity index (χ4n) is 3.00. The Morgan fingerprint density at radius 3 is 2.88 bits per heavy atom. The lowest BCUT2D eigenvalue weighted by Gasteiger charge is -2.30. The number of aromatic nitrogens is 2. The minimum absolute atomic E-state index is 0.122. The molecule has 1 aliphatic carbocycles. The SMILES string of the molecule is O=C(c1ccsc1)N1CCC(c2noc(COCC3CC3)n2)CC1. The molecule has 0 unspecified atom stereocenters. The third kappa shape index (κ3) is 3.67. The van der Waals surface area contributed by atoms with Crippen LogP contribution in [0.15, 0.2) is 21.3 Å². The highest BCUT2D eigenvalue weighted by molar-refractivity contribution is 7.08. The predicted octanol–water partition coefficient (Wildman–Crippen LogP) is 3.08. The first-order valence-corrected chi connectivity index (χ1v) is 9.45. The quantitative estimate of drug-likeness (QED) is 0.803. The number of carbonyl (C=O) groups is 1. The largest absolute Gasteiger partial charge is 0.371 e. The summed E-state index contributed by atoms with van der Waals surface area (Å²) < 4.78 is 10.9. The Morgan fingerprint density at radius 2 is 2.17 bits per heavy atom. The molecule has 1 saturated carbocycles. The van der Waals surface area contributed by atoms with Crippen molar-refractivity contribution in [2.24, 2.45) is 5.92 Å². The molecule has 2 aliphatic rings. The van der Waals surface area contributed by atoms with Gasteiger partial charge in [-0.25, -0.2) is 0 Å². The molecule has 1 saturated heterocycles. The van der Waals surface area contributed by atoms with Crippen LogP contribution in [0.25, 0.3) is 0 Å². The molecule has 6 nitrogen and oxygen atoms in total. The zero-order valence-corrected chi connectivity index (χ0v) is 14.3. The Kier molecular flexibility index (Phi) is 4.62. The predicted molar refractivity (Wildman–Crippen MR) is 88.9 cm³/mol. The summed E-state index contributed by atoms with van der Waals surface area (Å²) in [6.07, 6.45) is 4.30. The maximum Gasteiger partial charge on any atom is 0.254 e. The fraction of sp³-hybridized carbons (Fsp3) is 0.588. The molecule has 24 heavy (non-hydrogen) atoms. The molecule has 0 N–H and O–H groups in total. The van der Waals surface area contributed by atoms with Crippen LogP contribution in [0.4, 0.5) is 0 Å². The van der Waals surface area contributed by atoms with E-state index in [-0.39, 0.29) is 11.8 Å². The number of piperidine rings is 1. The van der Waals surface area contributed by atoms with Crippen molar-refractivity contribution in [3.8, 4) is 0 Å². The van der Waals surface area contributed by atoms with E-state index in [9.17, 15) is 4.79 Å². The summed E-state index contributed by atoms with van der Waals surface area (Å²) in [6.45, 7) is 2.67. The lowest BCUT2D eigenvalue weighted by molar-refractivity contribution is 0.0711. The van der Waals surface area contributed by atoms with Crippen LogP contribution >= 0.6 is 11.3 Å². The molecule has 7 heteroatoms. The maximum absolute atomic E-state index is 12.4. The van der Waals surface area contributed by atoms with E-state index in [1.807, 2.05) is 21.7 Å². The molecule has 1 amide bonds. The zero-order valence-electron chi connectivity index (χ0n) is 13.5. The van der Waals surface area contributed by atoms with Gasteiger partial charge in [0.15, 0.2) is 5.82 Å². The number of nitrogens with zero attached hydrogens (tertiary/aromatic N) is 3. The van der Waals surface area contributed by atoms with E-state index in [1.54, 1.807) is 11.3 Å². The van der Waals surface area contributed by atoms with Crippen molar-refractivity contribution in [1.29, 1.82) is 0 Å². The lowest BCUT2D eigenvalue weighted by Crippen LogP contribution is -2.37. The van der Waals surface area contributed by atoms with Gasteiger partial charge in [0.25, 0.3) is 11.8 Å². The van der Waals surface area contributed by atoms with Crippen molar-refractivity contribution in [3.63, 3.8) is 0 Å². The smallest absolute Gasteiger partial charge is 0.254 e. The molecule has 3 heterocycles. The number of likely N-dealkylation sites (tertiary alicyclic amines) is 1. The number of rotatable bonds is 6. The molecule has 1 aliphatic heterocycles. The maximum atomic E-state index is 12.4. The van der Waals surface area contributed by atoms with Crippen molar-refractivity contribution in [2.45, 2.75) is 38.2 Å². The molecular formula is C17H21N3O3S. The van der Waals surface area contributed by atoms with Crippen LogP contribution in [0.1, 0.15) is 53.7 Å². The van der Waals surface area contributed by atoms with Gasteiger partial charge in [-0.1, -0.05) is 5.16 Å². The van der Waals surface area contributed by atoms with E-state index in [2.05, 4.69) is 10.1 Å². The fourth-order valence-corrected chi connectivity index (χ4v) is 3.63. The molecule has 0 aromatic carbocycles. The van der Waals surface area contributed by atoms with Crippen LogP contribution in [-0.2, 0) is 11.3 Å². The number of thiophene rings is 1. The van der Waals surface area contributed by atoms with E-state index in [0.29, 0.717) is 12.5 Å². The van der Waals surface area contributed by atoms with E-state index in [4.69, 9.17) is 9.26 Å². The summed E-state index contributed by atoms with van der Waals surface area (Å²) in [5.74, 6) is 2.43. The minimum atomic E-state index is 0.122. The van der Waals surface area contributed by atoms with Gasteiger partial charge in [0.2, 0.25) is 0 Å². The topological polar surface area (TPSA) is 68.5 Å². The highest BCUT2D eigenvalue weighted by Gasteiger charge is 2.28. The molecule has 128 valence electrons. The summed E-state index contributed by atoms with van der Waals surface area (Å²) in [5, 5.41) is 7.95. The summed E-state index contributed by atoms with van der Waals surface area (Å²) in [5.41, 5.74) is 0.785. The summed E-state index contributed by atoms with van der Waals surface area (Å²) in [6, 6.07) is 1.88. The zero-order chi connectivity index (χ0) is 16.4. The molecule has 0 radical (unpaired) electrons. The van der Waals surface area contributed by atoms with Crippen LogP contribution < -0.4 is 0 Å². The van der Waals surface area contributed by atoms with Crippen LogP contribution in [0, 0.1) is 5.92 Å². The standard InChI is InChI=1S/C17H21N3O3S/c21-17(14-5-8-24-11-14)20-6-3-13(4-7-20)16-18-15(23-19-16)10-22-9-12-1-2-12/h5,8,11-13H,1-4,6-7,9-10H2. The number of ether oxygens (including phenoxy) is 1. The van der Waals surface area contributed by atoms with Crippen LogP contribution in [0.3, 0.4) is 0 Å². The van der Waals surface area contributed by atoms with Crippen molar-refractivity contribution in [3.05, 3.63) is 34.1 Å². The summed E-state index contributed by atoms with van der Waals surface area (Å²) >= 11 is 1.55. The van der Waals surface area contributed by atoms with E-state index in [0.717, 1.165) is 49.8 Å². The van der Waals surface area contributed by atoms with Gasteiger partial charge < -0.3 is 14.2 Å². The Bertz CT molecular complexity index is 673. The number of carbonyl (C=O) groups excluding carboxylic acids is 1. The molecule has 0 atom stereocenters. The third-order valence-corrected chi connectivity index (χ3v) is 5.36. The molecule has 0 bridgehead atoms. The van der Waals surface area contributed by atoms with Crippen molar-refractivity contribution >= 4 is 17.2 Å². The lowest BCUT2D eigenvalue weighted by atomic mass is 9.96. The number of hydrogen-bond donors (Lipinski definition) is 0. The van der Waals surface area contributed by atoms with Crippen LogP contribution in [0.5, 0.6) is 0 Å². The van der Waals surface area contributed by atoms with Gasteiger partial charge >= 0.3 is 0 Å². The first-order chi connectivity index (χ1) is 11.8. The van der Waals surface area contributed by atoms with Gasteiger partial charge in [0, 0.05) is 24.4 Å². The molecule has 2 aromatic rings. The molecular weight excluding hydrogens is 326 g/mol. The normalized spacial score (nSPS) is 18.9. The van der Waals surface area contributed by atoms with Crippen LogP contribution in [0.2, 0.25) is 0 Å².